The van der Waals surface area contributed by atoms with Crippen LogP contribution in [-0.2, 0) is 0 Å². The molecule has 0 radical (unpaired) electrons. The predicted molar refractivity (Wildman–Crippen MR) is 200 cm³/mol. The Morgan fingerprint density at radius 2 is 0.681 bits per heavy atom. The predicted octanol–water partition coefficient (Wildman–Crippen LogP) is 12.4. The van der Waals surface area contributed by atoms with Crippen molar-refractivity contribution in [2.24, 2.45) is 0 Å². The quantitative estimate of drug-likeness (QED) is 0.196. The molecule has 0 amide bonds. The Hall–Kier alpha value is -6.18. The molecule has 8 aromatic rings. The minimum absolute atomic E-state index is 0.768. The lowest BCUT2D eigenvalue weighted by molar-refractivity contribution is 1.54. The third-order valence-electron chi connectivity index (χ3n) is 9.53. The summed E-state index contributed by atoms with van der Waals surface area (Å²) in [6.07, 6.45) is 0. The van der Waals surface area contributed by atoms with Gasteiger partial charge in [0.05, 0.1) is 0 Å². The summed E-state index contributed by atoms with van der Waals surface area (Å²) in [7, 11) is 0. The van der Waals surface area contributed by atoms with Crippen molar-refractivity contribution in [3.63, 3.8) is 0 Å². The molecule has 0 aliphatic heterocycles. The van der Waals surface area contributed by atoms with Crippen LogP contribution < -0.4 is 5.73 Å². The highest BCUT2D eigenvalue weighted by Gasteiger charge is 2.33. The molecular formula is C46H31N. The molecule has 0 fully saturated rings. The summed E-state index contributed by atoms with van der Waals surface area (Å²) < 4.78 is 0. The van der Waals surface area contributed by atoms with E-state index in [-0.39, 0.29) is 0 Å². The molecule has 0 atom stereocenters. The number of fused-ring (bicyclic) bond motifs is 3. The van der Waals surface area contributed by atoms with Crippen LogP contribution in [0.1, 0.15) is 0 Å². The van der Waals surface area contributed by atoms with E-state index in [0.29, 0.717) is 0 Å². The highest BCUT2D eigenvalue weighted by molar-refractivity contribution is 6.25. The van der Waals surface area contributed by atoms with Gasteiger partial charge in [0.1, 0.15) is 0 Å². The molecule has 1 heteroatoms. The van der Waals surface area contributed by atoms with Crippen molar-refractivity contribution in [2.45, 2.75) is 0 Å². The summed E-state index contributed by atoms with van der Waals surface area (Å²) in [4.78, 5) is 0. The summed E-state index contributed by atoms with van der Waals surface area (Å²) in [5.41, 5.74) is 24.2. The molecule has 0 spiro atoms. The molecule has 47 heavy (non-hydrogen) atoms. The summed E-state index contributed by atoms with van der Waals surface area (Å²) in [5.74, 6) is 0. The molecule has 0 unspecified atom stereocenters. The van der Waals surface area contributed by atoms with Gasteiger partial charge in [0, 0.05) is 5.69 Å². The van der Waals surface area contributed by atoms with Crippen LogP contribution in [0, 0.1) is 0 Å². The van der Waals surface area contributed by atoms with Crippen LogP contribution in [0.4, 0.5) is 5.69 Å². The lowest BCUT2D eigenvalue weighted by Gasteiger charge is -2.26. The Morgan fingerprint density at radius 3 is 1.19 bits per heavy atom. The maximum absolute atomic E-state index is 6.08. The van der Waals surface area contributed by atoms with Crippen LogP contribution in [0.25, 0.3) is 88.7 Å². The van der Waals surface area contributed by atoms with E-state index >= 15 is 0 Å². The van der Waals surface area contributed by atoms with E-state index in [9.17, 15) is 0 Å². The molecule has 1 nitrogen and oxygen atoms in total. The fourth-order valence-corrected chi connectivity index (χ4v) is 7.55. The van der Waals surface area contributed by atoms with E-state index in [0.717, 1.165) is 16.8 Å². The zero-order chi connectivity index (χ0) is 31.3. The molecule has 9 rings (SSSR count). The van der Waals surface area contributed by atoms with Gasteiger partial charge in [-0.1, -0.05) is 158 Å². The average Bonchev–Trinajstić information content (AvgIpc) is 3.47. The zero-order valence-electron chi connectivity index (χ0n) is 25.8. The van der Waals surface area contributed by atoms with E-state index < -0.39 is 0 Å². The van der Waals surface area contributed by atoms with E-state index in [4.69, 9.17) is 5.73 Å². The molecule has 1 aliphatic rings. The molecule has 220 valence electrons. The minimum atomic E-state index is 0.768. The zero-order valence-corrected chi connectivity index (χ0v) is 25.8. The summed E-state index contributed by atoms with van der Waals surface area (Å²) in [6, 6.07) is 63.6. The van der Waals surface area contributed by atoms with Gasteiger partial charge in [-0.05, 0) is 107 Å². The highest BCUT2D eigenvalue weighted by atomic mass is 14.5. The first-order valence-electron chi connectivity index (χ1n) is 16.2. The molecule has 1 aliphatic carbocycles. The van der Waals surface area contributed by atoms with Crippen LogP contribution in [0.5, 0.6) is 0 Å². The smallest absolute Gasteiger partial charge is 0.0314 e. The van der Waals surface area contributed by atoms with E-state index in [1.807, 2.05) is 12.1 Å². The fourth-order valence-electron chi connectivity index (χ4n) is 7.55. The Kier molecular flexibility index (Phi) is 6.36. The van der Waals surface area contributed by atoms with Gasteiger partial charge in [0.25, 0.3) is 0 Å². The SMILES string of the molecule is Nc1ccc(-c2cccc(-c3c(-c4ccccc4)c(-c4ccccc4)c(-c4ccccc4)c4c3-c3cccc5cccc-4c35)c2)cc1. The molecule has 8 aromatic carbocycles. The number of anilines is 1. The van der Waals surface area contributed by atoms with Gasteiger partial charge in [-0.2, -0.15) is 0 Å². The van der Waals surface area contributed by atoms with Crippen molar-refractivity contribution in [1.82, 2.24) is 0 Å². The molecule has 0 saturated heterocycles. The van der Waals surface area contributed by atoms with Gasteiger partial charge in [-0.25, -0.2) is 0 Å². The highest BCUT2D eigenvalue weighted by Crippen LogP contribution is 2.60. The van der Waals surface area contributed by atoms with Crippen molar-refractivity contribution >= 4 is 16.5 Å². The van der Waals surface area contributed by atoms with Crippen LogP contribution in [0.15, 0.2) is 176 Å². The Bertz CT molecular complexity index is 2420. The third kappa shape index (κ3) is 4.40. The monoisotopic (exact) mass is 597 g/mol. The van der Waals surface area contributed by atoms with E-state index in [1.54, 1.807) is 0 Å². The first kappa shape index (κ1) is 27.2. The van der Waals surface area contributed by atoms with Crippen LogP contribution in [-0.4, -0.2) is 0 Å². The van der Waals surface area contributed by atoms with Gasteiger partial charge >= 0.3 is 0 Å². The standard InChI is InChI=1S/C46H31N/c47-37-27-25-30(26-28-37)35-21-10-22-36(29-35)44-42(33-15-6-2-7-16-33)41(32-13-4-1-5-14-32)43(34-17-8-3-9-18-34)45-38-23-11-19-31-20-12-24-39(40(31)38)46(44)45/h1-29H,47H2. The molecule has 2 N–H and O–H groups in total. The Balaban J connectivity index is 1.52. The lowest BCUT2D eigenvalue weighted by atomic mass is 9.76. The van der Waals surface area contributed by atoms with E-state index in [1.165, 1.54) is 77.5 Å². The number of hydrogen-bond donors (Lipinski definition) is 1. The molecule has 0 heterocycles. The van der Waals surface area contributed by atoms with Crippen molar-refractivity contribution in [3.8, 4) is 77.9 Å². The van der Waals surface area contributed by atoms with Crippen molar-refractivity contribution < 1.29 is 0 Å². The van der Waals surface area contributed by atoms with Crippen molar-refractivity contribution in [3.05, 3.63) is 176 Å². The van der Waals surface area contributed by atoms with Gasteiger partial charge in [0.2, 0.25) is 0 Å². The number of nitrogens with two attached hydrogens (primary N) is 1. The van der Waals surface area contributed by atoms with Crippen molar-refractivity contribution in [1.29, 1.82) is 0 Å². The molecule has 0 saturated carbocycles. The molecule has 0 bridgehead atoms. The number of hydrogen-bond acceptors (Lipinski definition) is 1. The average molecular weight is 598 g/mol. The fraction of sp³-hybridized carbons (Fsp3) is 0. The Labute approximate surface area is 275 Å². The van der Waals surface area contributed by atoms with Crippen LogP contribution in [0.2, 0.25) is 0 Å². The summed E-state index contributed by atoms with van der Waals surface area (Å²) in [6.45, 7) is 0. The normalized spacial score (nSPS) is 11.5. The maximum atomic E-state index is 6.08. The van der Waals surface area contributed by atoms with Gasteiger partial charge in [-0.15, -0.1) is 0 Å². The first-order chi connectivity index (χ1) is 23.3. The van der Waals surface area contributed by atoms with Gasteiger partial charge < -0.3 is 5.73 Å². The Morgan fingerprint density at radius 1 is 0.277 bits per heavy atom. The van der Waals surface area contributed by atoms with Crippen molar-refractivity contribution in [2.75, 3.05) is 5.73 Å². The topological polar surface area (TPSA) is 26.0 Å². The van der Waals surface area contributed by atoms with E-state index in [2.05, 4.69) is 164 Å². The first-order valence-corrected chi connectivity index (χ1v) is 16.2. The third-order valence-corrected chi connectivity index (χ3v) is 9.53. The van der Waals surface area contributed by atoms with Crippen LogP contribution >= 0.6 is 0 Å². The molecule has 0 aromatic heterocycles. The second-order valence-electron chi connectivity index (χ2n) is 12.3. The lowest BCUT2D eigenvalue weighted by Crippen LogP contribution is -1.99. The molecular weight excluding hydrogens is 567 g/mol. The van der Waals surface area contributed by atoms with Crippen LogP contribution in [0.3, 0.4) is 0 Å². The number of rotatable bonds is 5. The minimum Gasteiger partial charge on any atom is -0.399 e. The second-order valence-corrected chi connectivity index (χ2v) is 12.3. The summed E-state index contributed by atoms with van der Waals surface area (Å²) in [5, 5.41) is 2.58. The number of nitrogen functional groups attached to an aromatic ring is 1. The van der Waals surface area contributed by atoms with Gasteiger partial charge in [-0.3, -0.25) is 0 Å². The number of benzene rings is 8. The van der Waals surface area contributed by atoms with Gasteiger partial charge in [0.15, 0.2) is 0 Å². The maximum Gasteiger partial charge on any atom is 0.0314 e. The second kappa shape index (κ2) is 11.0. The largest absolute Gasteiger partial charge is 0.399 e. The summed E-state index contributed by atoms with van der Waals surface area (Å²) >= 11 is 0.